The standard InChI is InChI=1S/C23H15F2N5O2/c1-13-5-9-20(32-13)22-28-27-21-10-8-19(29-30(21)22)14-3-2-4-16(11-14)26-23(31)15-6-7-17(24)18(25)12-15/h2-12H,1H3,(H,26,31). The number of rotatable bonds is 4. The van der Waals surface area contributed by atoms with E-state index in [-0.39, 0.29) is 5.56 Å². The fraction of sp³-hybridized carbons (Fsp3) is 0.0435. The number of nitrogens with zero attached hydrogens (tertiary/aromatic N) is 4. The van der Waals surface area contributed by atoms with E-state index in [1.807, 2.05) is 19.1 Å². The van der Waals surface area contributed by atoms with E-state index in [1.54, 1.807) is 40.9 Å². The van der Waals surface area contributed by atoms with Gasteiger partial charge in [-0.15, -0.1) is 10.2 Å². The Kier molecular flexibility index (Phi) is 4.70. The maximum absolute atomic E-state index is 13.4. The van der Waals surface area contributed by atoms with Gasteiger partial charge in [0.1, 0.15) is 5.76 Å². The molecule has 158 valence electrons. The Bertz CT molecular complexity index is 1470. The summed E-state index contributed by atoms with van der Waals surface area (Å²) in [5, 5.41) is 15.6. The number of amides is 1. The second-order valence-corrected chi connectivity index (χ2v) is 7.09. The van der Waals surface area contributed by atoms with Gasteiger partial charge in [-0.25, -0.2) is 8.78 Å². The van der Waals surface area contributed by atoms with Gasteiger partial charge < -0.3 is 9.73 Å². The van der Waals surface area contributed by atoms with Gasteiger partial charge >= 0.3 is 0 Å². The summed E-state index contributed by atoms with van der Waals surface area (Å²) >= 11 is 0. The van der Waals surface area contributed by atoms with Gasteiger partial charge in [-0.3, -0.25) is 4.79 Å². The molecule has 0 aliphatic heterocycles. The van der Waals surface area contributed by atoms with Crippen molar-refractivity contribution >= 4 is 17.2 Å². The number of aromatic nitrogens is 4. The summed E-state index contributed by atoms with van der Waals surface area (Å²) in [5.74, 6) is -0.885. The molecule has 1 N–H and O–H groups in total. The molecule has 0 fully saturated rings. The zero-order chi connectivity index (χ0) is 22.2. The quantitative estimate of drug-likeness (QED) is 0.438. The number of hydrogen-bond acceptors (Lipinski definition) is 5. The Morgan fingerprint density at radius 1 is 0.969 bits per heavy atom. The van der Waals surface area contributed by atoms with Gasteiger partial charge in [0, 0.05) is 16.8 Å². The summed E-state index contributed by atoms with van der Waals surface area (Å²) in [5.41, 5.74) is 2.39. The van der Waals surface area contributed by atoms with Crippen LogP contribution in [-0.2, 0) is 0 Å². The first-order valence-electron chi connectivity index (χ1n) is 9.64. The van der Waals surface area contributed by atoms with E-state index < -0.39 is 17.5 Å². The third-order valence-electron chi connectivity index (χ3n) is 4.82. The first kappa shape index (κ1) is 19.6. The van der Waals surface area contributed by atoms with Crippen LogP contribution in [0.15, 0.2) is 71.1 Å². The molecule has 0 bridgehead atoms. The number of carbonyl (C=O) groups is 1. The molecule has 2 aromatic carbocycles. The molecule has 9 heteroatoms. The Labute approximate surface area is 180 Å². The van der Waals surface area contributed by atoms with Gasteiger partial charge in [0.2, 0.25) is 5.82 Å². The molecule has 3 heterocycles. The zero-order valence-corrected chi connectivity index (χ0v) is 16.7. The molecule has 1 amide bonds. The third-order valence-corrected chi connectivity index (χ3v) is 4.82. The minimum atomic E-state index is -1.08. The number of aryl methyl sites for hydroxylation is 1. The molecule has 0 atom stereocenters. The fourth-order valence-corrected chi connectivity index (χ4v) is 3.25. The molecule has 0 saturated carbocycles. The molecule has 0 radical (unpaired) electrons. The van der Waals surface area contributed by atoms with Crippen LogP contribution in [0.4, 0.5) is 14.5 Å². The van der Waals surface area contributed by atoms with Crippen molar-refractivity contribution in [3.05, 3.63) is 89.7 Å². The molecular formula is C23H15F2N5O2. The van der Waals surface area contributed by atoms with Crippen molar-refractivity contribution in [1.82, 2.24) is 19.8 Å². The van der Waals surface area contributed by atoms with Crippen molar-refractivity contribution in [3.63, 3.8) is 0 Å². The Morgan fingerprint density at radius 2 is 1.84 bits per heavy atom. The van der Waals surface area contributed by atoms with Crippen molar-refractivity contribution in [1.29, 1.82) is 0 Å². The van der Waals surface area contributed by atoms with Crippen molar-refractivity contribution < 1.29 is 18.0 Å². The second kappa shape index (κ2) is 7.69. The van der Waals surface area contributed by atoms with Gasteiger partial charge in [-0.1, -0.05) is 12.1 Å². The highest BCUT2D eigenvalue weighted by atomic mass is 19.2. The molecule has 0 spiro atoms. The summed E-state index contributed by atoms with van der Waals surface area (Å²) in [6.07, 6.45) is 0. The number of nitrogens with one attached hydrogen (secondary N) is 1. The van der Waals surface area contributed by atoms with Crippen LogP contribution >= 0.6 is 0 Å². The normalized spacial score (nSPS) is 11.1. The van der Waals surface area contributed by atoms with Crippen molar-refractivity contribution in [2.75, 3.05) is 5.32 Å². The summed E-state index contributed by atoms with van der Waals surface area (Å²) in [6.45, 7) is 1.84. The van der Waals surface area contributed by atoms with E-state index in [2.05, 4.69) is 20.6 Å². The maximum Gasteiger partial charge on any atom is 0.255 e. The lowest BCUT2D eigenvalue weighted by Crippen LogP contribution is -2.12. The van der Waals surface area contributed by atoms with E-state index in [0.717, 1.165) is 23.5 Å². The lowest BCUT2D eigenvalue weighted by atomic mass is 10.1. The Hall–Kier alpha value is -4.40. The van der Waals surface area contributed by atoms with E-state index in [9.17, 15) is 13.6 Å². The average molecular weight is 431 g/mol. The molecule has 0 aliphatic carbocycles. The summed E-state index contributed by atoms with van der Waals surface area (Å²) in [6, 6.07) is 17.2. The SMILES string of the molecule is Cc1ccc(-c2nnc3ccc(-c4cccc(NC(=O)c5ccc(F)c(F)c5)c4)nn23)o1. The summed E-state index contributed by atoms with van der Waals surface area (Å²) in [7, 11) is 0. The topological polar surface area (TPSA) is 85.3 Å². The Balaban J connectivity index is 1.46. The van der Waals surface area contributed by atoms with E-state index in [0.29, 0.717) is 28.6 Å². The predicted octanol–water partition coefficient (Wildman–Crippen LogP) is 4.89. The highest BCUT2D eigenvalue weighted by Gasteiger charge is 2.15. The van der Waals surface area contributed by atoms with E-state index in [4.69, 9.17) is 4.42 Å². The van der Waals surface area contributed by atoms with Gasteiger partial charge in [0.05, 0.1) is 5.69 Å². The molecule has 0 aliphatic rings. The van der Waals surface area contributed by atoms with Gasteiger partial charge in [-0.05, 0) is 61.5 Å². The number of anilines is 1. The lowest BCUT2D eigenvalue weighted by Gasteiger charge is -2.08. The van der Waals surface area contributed by atoms with Crippen LogP contribution in [-0.4, -0.2) is 25.7 Å². The number of furan rings is 1. The van der Waals surface area contributed by atoms with Crippen LogP contribution in [0.1, 0.15) is 16.1 Å². The average Bonchev–Trinajstić information content (AvgIpc) is 3.41. The van der Waals surface area contributed by atoms with Crippen LogP contribution < -0.4 is 5.32 Å². The molecule has 32 heavy (non-hydrogen) atoms. The third kappa shape index (κ3) is 3.60. The number of carbonyl (C=O) groups excluding carboxylic acids is 1. The Morgan fingerprint density at radius 3 is 2.62 bits per heavy atom. The molecule has 5 rings (SSSR count). The molecule has 5 aromatic rings. The van der Waals surface area contributed by atoms with E-state index in [1.165, 1.54) is 6.07 Å². The van der Waals surface area contributed by atoms with E-state index >= 15 is 0 Å². The number of benzene rings is 2. The fourth-order valence-electron chi connectivity index (χ4n) is 3.25. The van der Waals surface area contributed by atoms with Crippen molar-refractivity contribution in [2.24, 2.45) is 0 Å². The molecular weight excluding hydrogens is 416 g/mol. The smallest absolute Gasteiger partial charge is 0.255 e. The van der Waals surface area contributed by atoms with Crippen molar-refractivity contribution in [2.45, 2.75) is 6.92 Å². The lowest BCUT2D eigenvalue weighted by molar-refractivity contribution is 0.102. The molecule has 0 unspecified atom stereocenters. The minimum absolute atomic E-state index is 0.0109. The van der Waals surface area contributed by atoms with Crippen LogP contribution in [0, 0.1) is 18.6 Å². The van der Waals surface area contributed by atoms with Crippen molar-refractivity contribution in [3.8, 4) is 22.8 Å². The molecule has 7 nitrogen and oxygen atoms in total. The summed E-state index contributed by atoms with van der Waals surface area (Å²) < 4.78 is 33.8. The molecule has 0 saturated heterocycles. The van der Waals surface area contributed by atoms with Crippen LogP contribution in [0.3, 0.4) is 0 Å². The molecule has 3 aromatic heterocycles. The predicted molar refractivity (Wildman–Crippen MR) is 113 cm³/mol. The largest absolute Gasteiger partial charge is 0.458 e. The first-order valence-corrected chi connectivity index (χ1v) is 9.64. The van der Waals surface area contributed by atoms with Crippen LogP contribution in [0.25, 0.3) is 28.5 Å². The van der Waals surface area contributed by atoms with Crippen LogP contribution in [0.2, 0.25) is 0 Å². The first-order chi connectivity index (χ1) is 15.5. The zero-order valence-electron chi connectivity index (χ0n) is 16.7. The van der Waals surface area contributed by atoms with Gasteiger partial charge in [-0.2, -0.15) is 9.61 Å². The van der Waals surface area contributed by atoms with Gasteiger partial charge in [0.25, 0.3) is 5.91 Å². The van der Waals surface area contributed by atoms with Gasteiger partial charge in [0.15, 0.2) is 23.0 Å². The minimum Gasteiger partial charge on any atom is -0.458 e. The maximum atomic E-state index is 13.4. The number of halogens is 2. The number of fused-ring (bicyclic) bond motifs is 1. The summed E-state index contributed by atoms with van der Waals surface area (Å²) in [4.78, 5) is 12.4. The monoisotopic (exact) mass is 431 g/mol. The number of hydrogen-bond donors (Lipinski definition) is 1. The van der Waals surface area contributed by atoms with Crippen LogP contribution in [0.5, 0.6) is 0 Å². The second-order valence-electron chi connectivity index (χ2n) is 7.09. The highest BCUT2D eigenvalue weighted by molar-refractivity contribution is 6.04. The highest BCUT2D eigenvalue weighted by Crippen LogP contribution is 2.24.